The van der Waals surface area contributed by atoms with Crippen LogP contribution >= 0.6 is 11.8 Å². The van der Waals surface area contributed by atoms with Gasteiger partial charge in [-0.3, -0.25) is 14.4 Å². The van der Waals surface area contributed by atoms with E-state index < -0.39 is 29.3 Å². The minimum atomic E-state index is -1.29. The van der Waals surface area contributed by atoms with Crippen molar-refractivity contribution in [3.63, 3.8) is 0 Å². The molecule has 2 unspecified atom stereocenters. The van der Waals surface area contributed by atoms with Gasteiger partial charge in [0.05, 0.1) is 6.42 Å². The van der Waals surface area contributed by atoms with Crippen molar-refractivity contribution >= 4 is 35.8 Å². The van der Waals surface area contributed by atoms with Crippen LogP contribution in [-0.4, -0.2) is 51.5 Å². The second kappa shape index (κ2) is 6.48. The van der Waals surface area contributed by atoms with E-state index in [2.05, 4.69) is 5.32 Å². The van der Waals surface area contributed by atoms with Crippen LogP contribution in [0, 0.1) is 0 Å². The Morgan fingerprint density at radius 2 is 2.00 bits per heavy atom. The van der Waals surface area contributed by atoms with E-state index in [1.807, 2.05) is 30.3 Å². The van der Waals surface area contributed by atoms with Crippen molar-refractivity contribution in [1.82, 2.24) is 10.2 Å². The average Bonchev–Trinajstić information content (AvgIpc) is 2.58. The fraction of sp³-hybridized carbons (Fsp3) is 0.250. The van der Waals surface area contributed by atoms with E-state index in [1.54, 1.807) is 0 Å². The Morgan fingerprint density at radius 3 is 2.62 bits per heavy atom. The zero-order chi connectivity index (χ0) is 17.3. The summed E-state index contributed by atoms with van der Waals surface area (Å²) in [6, 6.07) is 7.03. The molecular formula is C16H14N2O5S. The van der Waals surface area contributed by atoms with E-state index in [1.165, 1.54) is 5.41 Å². The number of carboxylic acid groups (broad SMARTS) is 1. The average molecular weight is 346 g/mol. The molecule has 2 amide bonds. The summed E-state index contributed by atoms with van der Waals surface area (Å²) in [5.74, 6) is -2.06. The van der Waals surface area contributed by atoms with Gasteiger partial charge in [0.1, 0.15) is 17.7 Å². The van der Waals surface area contributed by atoms with Gasteiger partial charge in [0.15, 0.2) is 6.04 Å². The standard InChI is InChI=1S/C16H14N2O5S/c19-7-10-8-24-15-12(14(21)18(15)13(10)16(22)23)17-11(20)6-9-4-2-1-3-5-9/h1-5,7-8,12-13,15H,6H2,(H,17,20)(H,22,23)/t12?,13?,15-/m0/s1. The molecule has 0 bridgehead atoms. The number of carboxylic acids is 1. The number of aliphatic carboxylic acids is 1. The van der Waals surface area contributed by atoms with Gasteiger partial charge in [-0.2, -0.15) is 0 Å². The second-order valence-corrected chi connectivity index (χ2v) is 6.45. The molecule has 2 aliphatic rings. The van der Waals surface area contributed by atoms with E-state index in [9.17, 15) is 24.3 Å². The summed E-state index contributed by atoms with van der Waals surface area (Å²) in [7, 11) is 0. The summed E-state index contributed by atoms with van der Waals surface area (Å²) in [6.07, 6.45) is 0.580. The van der Waals surface area contributed by atoms with Gasteiger partial charge in [0.25, 0.3) is 0 Å². The lowest BCUT2D eigenvalue weighted by molar-refractivity contribution is -0.160. The maximum Gasteiger partial charge on any atom is 0.331 e. The molecule has 1 aromatic rings. The maximum absolute atomic E-state index is 12.3. The fourth-order valence-corrected chi connectivity index (χ4v) is 3.95. The number of benzene rings is 1. The first kappa shape index (κ1) is 16.3. The van der Waals surface area contributed by atoms with E-state index in [0.717, 1.165) is 22.2 Å². The molecule has 2 aliphatic heterocycles. The Labute approximate surface area is 141 Å². The van der Waals surface area contributed by atoms with Crippen molar-refractivity contribution in [2.75, 3.05) is 0 Å². The molecule has 1 fully saturated rings. The predicted octanol–water partition coefficient (Wildman–Crippen LogP) is 0.165. The first-order valence-corrected chi connectivity index (χ1v) is 8.16. The van der Waals surface area contributed by atoms with Crippen LogP contribution in [0.4, 0.5) is 0 Å². The van der Waals surface area contributed by atoms with Crippen LogP contribution in [0.25, 0.3) is 0 Å². The third-order valence-electron chi connectivity index (χ3n) is 3.91. The van der Waals surface area contributed by atoms with Crippen LogP contribution < -0.4 is 5.32 Å². The van der Waals surface area contributed by atoms with Gasteiger partial charge in [-0.15, -0.1) is 11.8 Å². The van der Waals surface area contributed by atoms with Gasteiger partial charge in [-0.1, -0.05) is 30.3 Å². The van der Waals surface area contributed by atoms with E-state index in [4.69, 9.17) is 0 Å². The highest BCUT2D eigenvalue weighted by atomic mass is 32.2. The number of β-lactam (4-membered cyclic amide) rings is 1. The molecule has 0 aliphatic carbocycles. The fourth-order valence-electron chi connectivity index (χ4n) is 2.77. The van der Waals surface area contributed by atoms with Gasteiger partial charge in [-0.25, -0.2) is 4.79 Å². The molecule has 0 spiro atoms. The molecule has 2 heterocycles. The maximum atomic E-state index is 12.3. The summed E-state index contributed by atoms with van der Waals surface area (Å²) < 4.78 is 0. The number of hydrogen-bond acceptors (Lipinski definition) is 5. The Balaban J connectivity index is 1.69. The van der Waals surface area contributed by atoms with Crippen molar-refractivity contribution in [3.8, 4) is 0 Å². The number of carbonyl (C=O) groups is 4. The molecule has 0 radical (unpaired) electrons. The topological polar surface area (TPSA) is 104 Å². The number of rotatable bonds is 5. The normalized spacial score (nSPS) is 25.2. The Kier molecular flexibility index (Phi) is 4.39. The van der Waals surface area contributed by atoms with Gasteiger partial charge in [0.2, 0.25) is 11.8 Å². The molecule has 3 rings (SSSR count). The third kappa shape index (κ3) is 2.80. The number of carbonyl (C=O) groups excluding carboxylic acids is 3. The number of fused-ring (bicyclic) bond motifs is 1. The minimum absolute atomic E-state index is 0.0335. The number of aldehydes is 1. The highest BCUT2D eigenvalue weighted by molar-refractivity contribution is 8.03. The molecule has 0 aromatic heterocycles. The van der Waals surface area contributed by atoms with Gasteiger partial charge in [0, 0.05) is 5.57 Å². The van der Waals surface area contributed by atoms with Crippen LogP contribution in [0.5, 0.6) is 0 Å². The molecule has 7 nitrogen and oxygen atoms in total. The van der Waals surface area contributed by atoms with Crippen LogP contribution in [0.15, 0.2) is 41.3 Å². The van der Waals surface area contributed by atoms with E-state index >= 15 is 0 Å². The van der Waals surface area contributed by atoms with Crippen molar-refractivity contribution < 1.29 is 24.3 Å². The number of hydrogen-bond donors (Lipinski definition) is 2. The first-order valence-electron chi connectivity index (χ1n) is 7.22. The number of nitrogens with zero attached hydrogens (tertiary/aromatic N) is 1. The summed E-state index contributed by atoms with van der Waals surface area (Å²) in [4.78, 5) is 47.8. The Morgan fingerprint density at radius 1 is 1.29 bits per heavy atom. The van der Waals surface area contributed by atoms with Crippen LogP contribution in [0.1, 0.15) is 5.56 Å². The summed E-state index contributed by atoms with van der Waals surface area (Å²) in [6.45, 7) is 0. The Hall–Kier alpha value is -2.61. The summed E-state index contributed by atoms with van der Waals surface area (Å²) in [5.41, 5.74) is 0.854. The minimum Gasteiger partial charge on any atom is -0.479 e. The smallest absolute Gasteiger partial charge is 0.331 e. The lowest BCUT2D eigenvalue weighted by atomic mass is 9.98. The van der Waals surface area contributed by atoms with Crippen molar-refractivity contribution in [1.29, 1.82) is 0 Å². The SMILES string of the molecule is O=CC1=CS[C@H]2C(NC(=O)Cc3ccccc3)C(=O)N2C1C(=O)O. The van der Waals surface area contributed by atoms with Gasteiger partial charge >= 0.3 is 5.97 Å². The van der Waals surface area contributed by atoms with Crippen LogP contribution in [-0.2, 0) is 25.6 Å². The molecular weight excluding hydrogens is 332 g/mol. The van der Waals surface area contributed by atoms with Crippen LogP contribution in [0.2, 0.25) is 0 Å². The Bertz CT molecular complexity index is 733. The molecule has 1 aromatic carbocycles. The van der Waals surface area contributed by atoms with Crippen molar-refractivity contribution in [2.24, 2.45) is 0 Å². The van der Waals surface area contributed by atoms with Crippen LogP contribution in [0.3, 0.4) is 0 Å². The third-order valence-corrected chi connectivity index (χ3v) is 5.10. The largest absolute Gasteiger partial charge is 0.479 e. The molecule has 1 saturated heterocycles. The first-order chi connectivity index (χ1) is 11.5. The van der Waals surface area contributed by atoms with E-state index in [0.29, 0.717) is 6.29 Å². The monoisotopic (exact) mass is 346 g/mol. The molecule has 24 heavy (non-hydrogen) atoms. The predicted molar refractivity (Wildman–Crippen MR) is 85.9 cm³/mol. The molecule has 124 valence electrons. The number of nitrogens with one attached hydrogen (secondary N) is 1. The zero-order valence-corrected chi connectivity index (χ0v) is 13.2. The number of amides is 2. The quantitative estimate of drug-likeness (QED) is 0.582. The van der Waals surface area contributed by atoms with Gasteiger partial charge < -0.3 is 15.3 Å². The van der Waals surface area contributed by atoms with E-state index in [-0.39, 0.29) is 17.9 Å². The lowest BCUT2D eigenvalue weighted by Crippen LogP contribution is -2.74. The molecule has 0 saturated carbocycles. The zero-order valence-electron chi connectivity index (χ0n) is 12.4. The highest BCUT2D eigenvalue weighted by Gasteiger charge is 2.55. The summed E-state index contributed by atoms with van der Waals surface area (Å²) >= 11 is 1.16. The molecule has 2 N–H and O–H groups in total. The van der Waals surface area contributed by atoms with Crippen molar-refractivity contribution in [3.05, 3.63) is 46.9 Å². The molecule has 3 atom stereocenters. The lowest BCUT2D eigenvalue weighted by Gasteiger charge is -2.50. The van der Waals surface area contributed by atoms with Crippen molar-refractivity contribution in [2.45, 2.75) is 23.9 Å². The highest BCUT2D eigenvalue weighted by Crippen LogP contribution is 2.39. The molecule has 8 heteroatoms. The second-order valence-electron chi connectivity index (χ2n) is 5.46. The summed E-state index contributed by atoms with van der Waals surface area (Å²) in [5, 5.41) is 12.8. The number of thioether (sulfide) groups is 1. The van der Waals surface area contributed by atoms with Gasteiger partial charge in [-0.05, 0) is 11.0 Å².